The van der Waals surface area contributed by atoms with Gasteiger partial charge in [-0.05, 0) is 41.8 Å². The van der Waals surface area contributed by atoms with Crippen molar-refractivity contribution in [3.05, 3.63) is 47.7 Å². The fourth-order valence-electron chi connectivity index (χ4n) is 2.95. The quantitative estimate of drug-likeness (QED) is 0.358. The highest BCUT2D eigenvalue weighted by atomic mass is 35.5. The summed E-state index contributed by atoms with van der Waals surface area (Å²) in [6.45, 7) is 0.266. The molecule has 106 valence electrons. The van der Waals surface area contributed by atoms with E-state index < -0.39 is 0 Å². The number of rotatable bonds is 0. The molecule has 0 saturated carbocycles. The van der Waals surface area contributed by atoms with Crippen molar-refractivity contribution in [3.8, 4) is 11.5 Å². The van der Waals surface area contributed by atoms with Gasteiger partial charge in [-0.2, -0.15) is 0 Å². The predicted molar refractivity (Wildman–Crippen MR) is 85.7 cm³/mol. The average Bonchev–Trinajstić information content (AvgIpc) is 2.99. The summed E-state index contributed by atoms with van der Waals surface area (Å²) in [5.41, 5.74) is 1.75. The first-order valence-electron chi connectivity index (χ1n) is 6.87. The maximum absolute atomic E-state index is 5.97. The molecule has 0 fully saturated rings. The highest BCUT2D eigenvalue weighted by molar-refractivity contribution is 6.30. The lowest BCUT2D eigenvalue weighted by molar-refractivity contribution is 0.174. The van der Waals surface area contributed by atoms with Crippen molar-refractivity contribution < 1.29 is 9.47 Å². The zero-order valence-corrected chi connectivity index (χ0v) is 12.1. The van der Waals surface area contributed by atoms with Crippen LogP contribution in [0.15, 0.2) is 42.6 Å². The van der Waals surface area contributed by atoms with Crippen LogP contribution in [0, 0.1) is 0 Å². The SMILES string of the molecule is Clc1ccc2c(ccc3c4cc5c(cc4cnc23)OCO5)n1. The molecule has 5 heteroatoms. The Labute approximate surface area is 130 Å². The molecule has 0 radical (unpaired) electrons. The average molecular weight is 309 g/mol. The highest BCUT2D eigenvalue weighted by Gasteiger charge is 2.16. The first-order chi connectivity index (χ1) is 10.8. The molecule has 2 aromatic heterocycles. The van der Waals surface area contributed by atoms with Crippen LogP contribution in [-0.4, -0.2) is 16.8 Å². The molecule has 1 aliphatic heterocycles. The predicted octanol–water partition coefficient (Wildman–Crippen LogP) is 4.32. The van der Waals surface area contributed by atoms with E-state index in [1.807, 2.05) is 36.5 Å². The summed E-state index contributed by atoms with van der Waals surface area (Å²) in [5.74, 6) is 1.54. The monoisotopic (exact) mass is 308 g/mol. The van der Waals surface area contributed by atoms with Crippen molar-refractivity contribution in [2.75, 3.05) is 6.79 Å². The van der Waals surface area contributed by atoms with Gasteiger partial charge in [-0.25, -0.2) is 4.98 Å². The number of pyridine rings is 2. The molecule has 1 aliphatic rings. The Hall–Kier alpha value is -2.59. The van der Waals surface area contributed by atoms with E-state index in [1.54, 1.807) is 6.07 Å². The molecule has 4 nitrogen and oxygen atoms in total. The fraction of sp³-hybridized carbons (Fsp3) is 0.0588. The summed E-state index contributed by atoms with van der Waals surface area (Å²) in [7, 11) is 0. The van der Waals surface area contributed by atoms with Gasteiger partial charge < -0.3 is 9.47 Å². The second-order valence-electron chi connectivity index (χ2n) is 5.21. The Kier molecular flexibility index (Phi) is 2.30. The molecule has 2 aromatic carbocycles. The van der Waals surface area contributed by atoms with Crippen LogP contribution in [0.1, 0.15) is 0 Å². The van der Waals surface area contributed by atoms with E-state index in [4.69, 9.17) is 21.1 Å². The molecule has 4 aromatic rings. The Morgan fingerprint density at radius 1 is 0.909 bits per heavy atom. The van der Waals surface area contributed by atoms with Gasteiger partial charge in [0.1, 0.15) is 5.15 Å². The number of halogens is 1. The van der Waals surface area contributed by atoms with Crippen molar-refractivity contribution in [2.45, 2.75) is 0 Å². The molecular formula is C17H9ClN2O2. The van der Waals surface area contributed by atoms with Gasteiger partial charge in [0.15, 0.2) is 11.5 Å². The molecule has 0 saturated heterocycles. The van der Waals surface area contributed by atoms with Gasteiger partial charge >= 0.3 is 0 Å². The number of aromatic nitrogens is 2. The summed E-state index contributed by atoms with van der Waals surface area (Å²) in [6.07, 6.45) is 1.85. The summed E-state index contributed by atoms with van der Waals surface area (Å²) in [4.78, 5) is 8.96. The maximum atomic E-state index is 5.97. The topological polar surface area (TPSA) is 44.2 Å². The Morgan fingerprint density at radius 2 is 1.73 bits per heavy atom. The Morgan fingerprint density at radius 3 is 2.64 bits per heavy atom. The third kappa shape index (κ3) is 1.58. The zero-order chi connectivity index (χ0) is 14.7. The minimum atomic E-state index is 0.266. The largest absolute Gasteiger partial charge is 0.454 e. The Bertz CT molecular complexity index is 1080. The van der Waals surface area contributed by atoms with Gasteiger partial charge in [-0.15, -0.1) is 0 Å². The summed E-state index contributed by atoms with van der Waals surface area (Å²) >= 11 is 5.97. The van der Waals surface area contributed by atoms with Crippen LogP contribution in [0.25, 0.3) is 32.6 Å². The van der Waals surface area contributed by atoms with Crippen molar-refractivity contribution >= 4 is 44.2 Å². The van der Waals surface area contributed by atoms with E-state index in [-0.39, 0.29) is 6.79 Å². The second-order valence-corrected chi connectivity index (χ2v) is 5.60. The van der Waals surface area contributed by atoms with Crippen LogP contribution >= 0.6 is 11.6 Å². The lowest BCUT2D eigenvalue weighted by Crippen LogP contribution is -1.92. The third-order valence-electron chi connectivity index (χ3n) is 3.98. The molecule has 0 N–H and O–H groups in total. The first-order valence-corrected chi connectivity index (χ1v) is 7.25. The number of ether oxygens (including phenoxy) is 2. The van der Waals surface area contributed by atoms with Crippen LogP contribution in [0.3, 0.4) is 0 Å². The number of fused-ring (bicyclic) bond motifs is 6. The van der Waals surface area contributed by atoms with Gasteiger partial charge in [0.25, 0.3) is 0 Å². The number of nitrogens with zero attached hydrogens (tertiary/aromatic N) is 2. The van der Waals surface area contributed by atoms with Crippen molar-refractivity contribution in [3.63, 3.8) is 0 Å². The molecule has 0 unspecified atom stereocenters. The molecule has 0 aliphatic carbocycles. The number of benzene rings is 2. The van der Waals surface area contributed by atoms with E-state index in [2.05, 4.69) is 9.97 Å². The van der Waals surface area contributed by atoms with Crippen LogP contribution in [0.5, 0.6) is 11.5 Å². The summed E-state index contributed by atoms with van der Waals surface area (Å²) in [5, 5.41) is 4.65. The molecule has 0 amide bonds. The summed E-state index contributed by atoms with van der Waals surface area (Å²) < 4.78 is 10.9. The molecule has 3 heterocycles. The lowest BCUT2D eigenvalue weighted by atomic mass is 10.0. The van der Waals surface area contributed by atoms with Crippen molar-refractivity contribution in [1.82, 2.24) is 9.97 Å². The van der Waals surface area contributed by atoms with Gasteiger partial charge in [0, 0.05) is 22.4 Å². The van der Waals surface area contributed by atoms with Gasteiger partial charge in [-0.3, -0.25) is 4.98 Å². The molecule has 22 heavy (non-hydrogen) atoms. The van der Waals surface area contributed by atoms with Gasteiger partial charge in [-0.1, -0.05) is 11.6 Å². The summed E-state index contributed by atoms with van der Waals surface area (Å²) in [6, 6.07) is 11.7. The fourth-order valence-corrected chi connectivity index (χ4v) is 3.11. The van der Waals surface area contributed by atoms with E-state index in [9.17, 15) is 0 Å². The van der Waals surface area contributed by atoms with Crippen LogP contribution in [-0.2, 0) is 0 Å². The van der Waals surface area contributed by atoms with Crippen molar-refractivity contribution in [1.29, 1.82) is 0 Å². The Balaban J connectivity index is 1.94. The zero-order valence-electron chi connectivity index (χ0n) is 11.3. The minimum Gasteiger partial charge on any atom is -0.454 e. The molecule has 0 bridgehead atoms. The van der Waals surface area contributed by atoms with Crippen LogP contribution in [0.2, 0.25) is 5.15 Å². The van der Waals surface area contributed by atoms with E-state index in [0.717, 1.165) is 44.1 Å². The number of hydrogen-bond acceptors (Lipinski definition) is 4. The van der Waals surface area contributed by atoms with Crippen molar-refractivity contribution in [2.24, 2.45) is 0 Å². The first kappa shape index (κ1) is 12.0. The maximum Gasteiger partial charge on any atom is 0.231 e. The van der Waals surface area contributed by atoms with E-state index >= 15 is 0 Å². The van der Waals surface area contributed by atoms with Gasteiger partial charge in [0.2, 0.25) is 6.79 Å². The smallest absolute Gasteiger partial charge is 0.231 e. The van der Waals surface area contributed by atoms with E-state index in [1.165, 1.54) is 0 Å². The second kappa shape index (κ2) is 4.21. The molecular weight excluding hydrogens is 300 g/mol. The standard InChI is InChI=1S/C17H9ClN2O2/c18-16-4-2-11-13(20-16)3-1-10-12-6-15-14(21-8-22-15)5-9(12)7-19-17(10)11/h1-7H,8H2. The normalized spacial score (nSPS) is 13.3. The number of hydrogen-bond donors (Lipinski definition) is 0. The van der Waals surface area contributed by atoms with Crippen LogP contribution < -0.4 is 9.47 Å². The molecule has 0 spiro atoms. The third-order valence-corrected chi connectivity index (χ3v) is 4.19. The van der Waals surface area contributed by atoms with Crippen LogP contribution in [0.4, 0.5) is 0 Å². The highest BCUT2D eigenvalue weighted by Crippen LogP contribution is 2.39. The molecule has 0 atom stereocenters. The minimum absolute atomic E-state index is 0.266. The lowest BCUT2D eigenvalue weighted by Gasteiger charge is -2.07. The van der Waals surface area contributed by atoms with Gasteiger partial charge in [0.05, 0.1) is 11.0 Å². The van der Waals surface area contributed by atoms with E-state index in [0.29, 0.717) is 5.15 Å². The molecule has 5 rings (SSSR count).